The fourth-order valence-corrected chi connectivity index (χ4v) is 2.96. The van der Waals surface area contributed by atoms with E-state index < -0.39 is 0 Å². The summed E-state index contributed by atoms with van der Waals surface area (Å²) in [7, 11) is 0. The molecule has 0 rings (SSSR count). The number of unbranched alkanes of at least 4 members (excludes halogenated alkanes) is 3. The number of rotatable bonds is 13. The SMILES string of the molecule is CCCCC(C)CCCCC(CCC)CCCC. The molecule has 110 valence electrons. The molecule has 18 heavy (non-hydrogen) atoms. The van der Waals surface area contributed by atoms with Crippen LogP contribution in [0.15, 0.2) is 0 Å². The molecule has 2 atom stereocenters. The minimum absolute atomic E-state index is 0.963. The molecule has 0 bridgehead atoms. The quantitative estimate of drug-likeness (QED) is 0.311. The summed E-state index contributed by atoms with van der Waals surface area (Å²) < 4.78 is 0. The van der Waals surface area contributed by atoms with Gasteiger partial charge in [0, 0.05) is 0 Å². The van der Waals surface area contributed by atoms with Crippen molar-refractivity contribution in [2.24, 2.45) is 11.8 Å². The second kappa shape index (κ2) is 13.4. The van der Waals surface area contributed by atoms with E-state index in [0.29, 0.717) is 0 Å². The average Bonchev–Trinajstić information content (AvgIpc) is 2.38. The molecule has 0 fully saturated rings. The molecule has 0 saturated heterocycles. The van der Waals surface area contributed by atoms with Crippen LogP contribution in [0.3, 0.4) is 0 Å². The van der Waals surface area contributed by atoms with Gasteiger partial charge in [-0.05, 0) is 11.8 Å². The van der Waals surface area contributed by atoms with Gasteiger partial charge in [-0.25, -0.2) is 0 Å². The Bertz CT molecular complexity index is 150. The summed E-state index contributed by atoms with van der Waals surface area (Å²) in [4.78, 5) is 0. The Balaban J connectivity index is 3.52. The van der Waals surface area contributed by atoms with Gasteiger partial charge in [0.25, 0.3) is 0 Å². The van der Waals surface area contributed by atoms with Gasteiger partial charge in [0.1, 0.15) is 0 Å². The van der Waals surface area contributed by atoms with Crippen molar-refractivity contribution in [1.82, 2.24) is 0 Å². The van der Waals surface area contributed by atoms with Crippen molar-refractivity contribution < 1.29 is 0 Å². The largest absolute Gasteiger partial charge is 0.0654 e. The van der Waals surface area contributed by atoms with Crippen molar-refractivity contribution in [1.29, 1.82) is 0 Å². The van der Waals surface area contributed by atoms with Crippen LogP contribution in [0.5, 0.6) is 0 Å². The molecule has 0 radical (unpaired) electrons. The monoisotopic (exact) mass is 254 g/mol. The van der Waals surface area contributed by atoms with Crippen LogP contribution < -0.4 is 0 Å². The maximum atomic E-state index is 2.44. The summed E-state index contributed by atoms with van der Waals surface area (Å²) in [6.07, 6.45) is 17.3. The first kappa shape index (κ1) is 18.0. The van der Waals surface area contributed by atoms with Crippen LogP contribution in [0, 0.1) is 11.8 Å². The zero-order valence-corrected chi connectivity index (χ0v) is 13.6. The third-order valence-corrected chi connectivity index (χ3v) is 4.27. The van der Waals surface area contributed by atoms with Crippen molar-refractivity contribution in [2.45, 2.75) is 105 Å². The summed E-state index contributed by atoms with van der Waals surface area (Å²) in [5, 5.41) is 0. The molecule has 0 aromatic carbocycles. The molecule has 0 heterocycles. The van der Waals surface area contributed by atoms with Crippen LogP contribution in [0.4, 0.5) is 0 Å². The fourth-order valence-electron chi connectivity index (χ4n) is 2.96. The van der Waals surface area contributed by atoms with Crippen LogP contribution in [0.1, 0.15) is 105 Å². The van der Waals surface area contributed by atoms with Crippen molar-refractivity contribution >= 4 is 0 Å². The molecule has 0 aromatic heterocycles. The lowest BCUT2D eigenvalue weighted by Gasteiger charge is -2.16. The first-order valence-electron chi connectivity index (χ1n) is 8.74. The van der Waals surface area contributed by atoms with Crippen LogP contribution in [0.2, 0.25) is 0 Å². The Kier molecular flexibility index (Phi) is 13.4. The van der Waals surface area contributed by atoms with E-state index in [0.717, 1.165) is 11.8 Å². The highest BCUT2D eigenvalue weighted by Gasteiger charge is 2.07. The lowest BCUT2D eigenvalue weighted by Crippen LogP contribution is -2.01. The smallest absolute Gasteiger partial charge is 0.0414 e. The Labute approximate surface area is 117 Å². The Morgan fingerprint density at radius 3 is 1.67 bits per heavy atom. The molecule has 0 aliphatic carbocycles. The standard InChI is InChI=1S/C18H38/c1-5-8-13-17(4)14-10-11-16-18(12-7-3)15-9-6-2/h17-18H,5-16H2,1-4H3. The van der Waals surface area contributed by atoms with Crippen LogP contribution in [-0.4, -0.2) is 0 Å². The second-order valence-electron chi connectivity index (χ2n) is 6.33. The maximum absolute atomic E-state index is 2.44. The minimum atomic E-state index is 0.963. The predicted octanol–water partition coefficient (Wildman–Crippen LogP) is 6.98. The molecule has 0 N–H and O–H groups in total. The summed E-state index contributed by atoms with van der Waals surface area (Å²) in [5.41, 5.74) is 0. The average molecular weight is 255 g/mol. The van der Waals surface area contributed by atoms with E-state index in [4.69, 9.17) is 0 Å². The molecular formula is C18H38. The Hall–Kier alpha value is 0. The molecule has 0 saturated carbocycles. The van der Waals surface area contributed by atoms with Crippen molar-refractivity contribution in [3.8, 4) is 0 Å². The van der Waals surface area contributed by atoms with E-state index in [2.05, 4.69) is 27.7 Å². The van der Waals surface area contributed by atoms with Crippen LogP contribution >= 0.6 is 0 Å². The van der Waals surface area contributed by atoms with E-state index in [1.165, 1.54) is 77.0 Å². The zero-order chi connectivity index (χ0) is 13.6. The molecule has 0 heteroatoms. The van der Waals surface area contributed by atoms with Crippen molar-refractivity contribution in [3.63, 3.8) is 0 Å². The van der Waals surface area contributed by atoms with E-state index in [9.17, 15) is 0 Å². The van der Waals surface area contributed by atoms with Gasteiger partial charge in [0.05, 0.1) is 0 Å². The third kappa shape index (κ3) is 11.1. The Morgan fingerprint density at radius 2 is 1.06 bits per heavy atom. The van der Waals surface area contributed by atoms with Gasteiger partial charge in [0.2, 0.25) is 0 Å². The van der Waals surface area contributed by atoms with Crippen molar-refractivity contribution in [2.75, 3.05) is 0 Å². The molecule has 2 unspecified atom stereocenters. The topological polar surface area (TPSA) is 0 Å². The molecule has 0 aromatic rings. The summed E-state index contributed by atoms with van der Waals surface area (Å²) in [6.45, 7) is 9.40. The zero-order valence-electron chi connectivity index (χ0n) is 13.6. The fraction of sp³-hybridized carbons (Fsp3) is 1.00. The normalized spacial score (nSPS) is 14.7. The number of hydrogen-bond acceptors (Lipinski definition) is 0. The van der Waals surface area contributed by atoms with Crippen LogP contribution in [-0.2, 0) is 0 Å². The number of hydrogen-bond donors (Lipinski definition) is 0. The molecule has 0 amide bonds. The van der Waals surface area contributed by atoms with Gasteiger partial charge in [-0.1, -0.05) is 105 Å². The summed E-state index contributed by atoms with van der Waals surface area (Å²) in [6, 6.07) is 0. The minimum Gasteiger partial charge on any atom is -0.0654 e. The van der Waals surface area contributed by atoms with Gasteiger partial charge in [-0.15, -0.1) is 0 Å². The first-order chi connectivity index (χ1) is 8.74. The summed E-state index contributed by atoms with van der Waals surface area (Å²) in [5.74, 6) is 1.99. The molecule has 0 nitrogen and oxygen atoms in total. The maximum Gasteiger partial charge on any atom is -0.0414 e. The first-order valence-corrected chi connectivity index (χ1v) is 8.74. The predicted molar refractivity (Wildman–Crippen MR) is 85.1 cm³/mol. The highest BCUT2D eigenvalue weighted by Crippen LogP contribution is 2.23. The van der Waals surface area contributed by atoms with Crippen molar-refractivity contribution in [3.05, 3.63) is 0 Å². The van der Waals surface area contributed by atoms with Crippen LogP contribution in [0.25, 0.3) is 0 Å². The Morgan fingerprint density at radius 1 is 0.556 bits per heavy atom. The highest BCUT2D eigenvalue weighted by atomic mass is 14.1. The van der Waals surface area contributed by atoms with Gasteiger partial charge in [0.15, 0.2) is 0 Å². The van der Waals surface area contributed by atoms with Gasteiger partial charge < -0.3 is 0 Å². The lowest BCUT2D eigenvalue weighted by molar-refractivity contribution is 0.370. The molecule has 0 aliphatic rings. The molecular weight excluding hydrogens is 216 g/mol. The van der Waals surface area contributed by atoms with E-state index in [-0.39, 0.29) is 0 Å². The van der Waals surface area contributed by atoms with Gasteiger partial charge in [-0.3, -0.25) is 0 Å². The van der Waals surface area contributed by atoms with E-state index >= 15 is 0 Å². The lowest BCUT2D eigenvalue weighted by atomic mass is 9.90. The summed E-state index contributed by atoms with van der Waals surface area (Å²) >= 11 is 0. The van der Waals surface area contributed by atoms with Gasteiger partial charge >= 0.3 is 0 Å². The molecule has 0 aliphatic heterocycles. The van der Waals surface area contributed by atoms with E-state index in [1.54, 1.807) is 0 Å². The molecule has 0 spiro atoms. The second-order valence-corrected chi connectivity index (χ2v) is 6.33. The highest BCUT2D eigenvalue weighted by molar-refractivity contribution is 4.61. The van der Waals surface area contributed by atoms with E-state index in [1.807, 2.05) is 0 Å². The third-order valence-electron chi connectivity index (χ3n) is 4.27. The van der Waals surface area contributed by atoms with Gasteiger partial charge in [-0.2, -0.15) is 0 Å².